The van der Waals surface area contributed by atoms with Crippen LogP contribution in [0.1, 0.15) is 39.2 Å². The summed E-state index contributed by atoms with van der Waals surface area (Å²) in [7, 11) is 0. The minimum atomic E-state index is -0.955. The van der Waals surface area contributed by atoms with Gasteiger partial charge in [0, 0.05) is 17.7 Å². The fourth-order valence-corrected chi connectivity index (χ4v) is 2.97. The molecule has 0 spiro atoms. The first kappa shape index (κ1) is 19.1. The monoisotopic (exact) mass is 389 g/mol. The lowest BCUT2D eigenvalue weighted by atomic mass is 10.1. The van der Waals surface area contributed by atoms with E-state index in [9.17, 15) is 33.3 Å². The Hall–Kier alpha value is -3.69. The van der Waals surface area contributed by atoms with E-state index >= 15 is 0 Å². The molecule has 0 radical (unpaired) electrons. The van der Waals surface area contributed by atoms with E-state index in [0.29, 0.717) is 11.0 Å². The van der Waals surface area contributed by atoms with Gasteiger partial charge in [0.1, 0.15) is 23.7 Å². The number of amides is 3. The molecular formula is C18H13F2N3O5. The summed E-state index contributed by atoms with van der Waals surface area (Å²) in [6.07, 6.45) is 0. The number of fused-ring (bicyclic) bond motifs is 1. The van der Waals surface area contributed by atoms with Gasteiger partial charge in [-0.05, 0) is 19.1 Å². The summed E-state index contributed by atoms with van der Waals surface area (Å²) in [6.45, 7) is 0.748. The molecule has 1 aliphatic heterocycles. The number of hydrogen-bond donors (Lipinski definition) is 1. The fourth-order valence-electron chi connectivity index (χ4n) is 2.97. The van der Waals surface area contributed by atoms with Crippen LogP contribution in [0, 0.1) is 21.7 Å². The average Bonchev–Trinajstić information content (AvgIpc) is 2.86. The van der Waals surface area contributed by atoms with Crippen molar-refractivity contribution in [2.24, 2.45) is 0 Å². The molecule has 2 aromatic carbocycles. The van der Waals surface area contributed by atoms with Gasteiger partial charge in [0.25, 0.3) is 17.5 Å². The van der Waals surface area contributed by atoms with E-state index in [2.05, 4.69) is 5.32 Å². The van der Waals surface area contributed by atoms with Crippen molar-refractivity contribution in [2.45, 2.75) is 13.0 Å². The second kappa shape index (κ2) is 7.14. The Bertz CT molecular complexity index is 1020. The molecule has 3 rings (SSSR count). The third kappa shape index (κ3) is 3.31. The normalized spacial score (nSPS) is 14.0. The van der Waals surface area contributed by atoms with Crippen LogP contribution in [-0.4, -0.2) is 34.1 Å². The summed E-state index contributed by atoms with van der Waals surface area (Å²) in [5.41, 5.74) is -1.04. The standard InChI is InChI=1S/C18H13F2N3O5/c1-9(11-6-5-10(19)7-13(11)20)21-15(24)8-22-17(25)12-3-2-4-14(23(27)28)16(12)18(22)26/h2-7,9H,8H2,1H3,(H,21,24). The molecule has 0 saturated heterocycles. The van der Waals surface area contributed by atoms with E-state index in [0.717, 1.165) is 12.1 Å². The molecule has 0 saturated carbocycles. The maximum absolute atomic E-state index is 13.8. The number of nitro benzene ring substituents is 1. The quantitative estimate of drug-likeness (QED) is 0.480. The second-order valence-electron chi connectivity index (χ2n) is 6.11. The van der Waals surface area contributed by atoms with Crippen LogP contribution in [0.2, 0.25) is 0 Å². The molecule has 144 valence electrons. The molecule has 1 heterocycles. The zero-order valence-electron chi connectivity index (χ0n) is 14.4. The van der Waals surface area contributed by atoms with E-state index in [1.807, 2.05) is 0 Å². The highest BCUT2D eigenvalue weighted by molar-refractivity contribution is 6.24. The zero-order valence-corrected chi connectivity index (χ0v) is 14.4. The summed E-state index contributed by atoms with van der Waals surface area (Å²) in [4.78, 5) is 47.9. The van der Waals surface area contributed by atoms with Crippen molar-refractivity contribution >= 4 is 23.4 Å². The molecule has 3 amide bonds. The van der Waals surface area contributed by atoms with Crippen LogP contribution in [0.25, 0.3) is 0 Å². The van der Waals surface area contributed by atoms with Gasteiger partial charge < -0.3 is 5.32 Å². The first-order valence-corrected chi connectivity index (χ1v) is 8.08. The maximum Gasteiger partial charge on any atom is 0.282 e. The fraction of sp³-hybridized carbons (Fsp3) is 0.167. The number of carbonyl (C=O) groups excluding carboxylic acids is 3. The van der Waals surface area contributed by atoms with E-state index in [1.54, 1.807) is 0 Å². The molecule has 1 atom stereocenters. The topological polar surface area (TPSA) is 110 Å². The number of imide groups is 1. The van der Waals surface area contributed by atoms with Crippen molar-refractivity contribution in [3.8, 4) is 0 Å². The molecular weight excluding hydrogens is 376 g/mol. The number of nitrogens with zero attached hydrogens (tertiary/aromatic N) is 2. The lowest BCUT2D eigenvalue weighted by Crippen LogP contribution is -2.41. The van der Waals surface area contributed by atoms with E-state index in [4.69, 9.17) is 0 Å². The van der Waals surface area contributed by atoms with Crippen molar-refractivity contribution in [1.29, 1.82) is 0 Å². The third-order valence-electron chi connectivity index (χ3n) is 4.28. The van der Waals surface area contributed by atoms with Gasteiger partial charge in [-0.1, -0.05) is 12.1 Å². The molecule has 28 heavy (non-hydrogen) atoms. The third-order valence-corrected chi connectivity index (χ3v) is 4.28. The van der Waals surface area contributed by atoms with Gasteiger partial charge in [0.05, 0.1) is 16.5 Å². The van der Waals surface area contributed by atoms with Crippen LogP contribution >= 0.6 is 0 Å². The number of rotatable bonds is 5. The Morgan fingerprint density at radius 1 is 1.21 bits per heavy atom. The number of halogens is 2. The predicted octanol–water partition coefficient (Wildman–Crippen LogP) is 2.35. The lowest BCUT2D eigenvalue weighted by Gasteiger charge is -2.18. The summed E-state index contributed by atoms with van der Waals surface area (Å²) in [5.74, 6) is -4.20. The lowest BCUT2D eigenvalue weighted by molar-refractivity contribution is -0.385. The Labute approximate surface area is 156 Å². The highest BCUT2D eigenvalue weighted by atomic mass is 19.1. The summed E-state index contributed by atoms with van der Waals surface area (Å²) in [6, 6.07) is 5.62. The molecule has 0 aliphatic carbocycles. The molecule has 0 fully saturated rings. The molecule has 2 aromatic rings. The molecule has 10 heteroatoms. The molecule has 1 unspecified atom stereocenters. The average molecular weight is 389 g/mol. The minimum absolute atomic E-state index is 0.0211. The number of nitrogens with one attached hydrogen (secondary N) is 1. The molecule has 8 nitrogen and oxygen atoms in total. The summed E-state index contributed by atoms with van der Waals surface area (Å²) < 4.78 is 26.8. The van der Waals surface area contributed by atoms with Crippen molar-refractivity contribution < 1.29 is 28.1 Å². The first-order valence-electron chi connectivity index (χ1n) is 8.08. The van der Waals surface area contributed by atoms with Crippen LogP contribution in [0.5, 0.6) is 0 Å². The Kier molecular flexibility index (Phi) is 4.87. The first-order chi connectivity index (χ1) is 13.2. The Morgan fingerprint density at radius 3 is 2.57 bits per heavy atom. The number of hydrogen-bond acceptors (Lipinski definition) is 5. The summed E-state index contributed by atoms with van der Waals surface area (Å²) >= 11 is 0. The highest BCUT2D eigenvalue weighted by Gasteiger charge is 2.41. The van der Waals surface area contributed by atoms with Crippen LogP contribution in [0.3, 0.4) is 0 Å². The van der Waals surface area contributed by atoms with Crippen LogP contribution in [-0.2, 0) is 4.79 Å². The smallest absolute Gasteiger partial charge is 0.282 e. The SMILES string of the molecule is CC(NC(=O)CN1C(=O)c2cccc([N+](=O)[O-])c2C1=O)c1ccc(F)cc1F. The van der Waals surface area contributed by atoms with E-state index in [-0.39, 0.29) is 16.7 Å². The van der Waals surface area contributed by atoms with Crippen LogP contribution < -0.4 is 5.32 Å². The van der Waals surface area contributed by atoms with E-state index in [1.165, 1.54) is 25.1 Å². The predicted molar refractivity (Wildman–Crippen MR) is 91.4 cm³/mol. The van der Waals surface area contributed by atoms with Crippen molar-refractivity contribution in [3.63, 3.8) is 0 Å². The number of benzene rings is 2. The Morgan fingerprint density at radius 2 is 1.93 bits per heavy atom. The highest BCUT2D eigenvalue weighted by Crippen LogP contribution is 2.30. The van der Waals surface area contributed by atoms with Gasteiger partial charge in [-0.25, -0.2) is 8.78 Å². The molecule has 1 aliphatic rings. The second-order valence-corrected chi connectivity index (χ2v) is 6.11. The van der Waals surface area contributed by atoms with Gasteiger partial charge >= 0.3 is 0 Å². The maximum atomic E-state index is 13.8. The Balaban J connectivity index is 1.76. The van der Waals surface area contributed by atoms with Gasteiger partial charge in [-0.3, -0.25) is 29.4 Å². The number of carbonyl (C=O) groups is 3. The molecule has 1 N–H and O–H groups in total. The molecule has 0 bridgehead atoms. The largest absolute Gasteiger partial charge is 0.348 e. The molecule has 0 aromatic heterocycles. The van der Waals surface area contributed by atoms with E-state index < -0.39 is 52.6 Å². The van der Waals surface area contributed by atoms with Crippen molar-refractivity contribution in [3.05, 3.63) is 74.8 Å². The zero-order chi connectivity index (χ0) is 20.6. The summed E-state index contributed by atoms with van der Waals surface area (Å²) in [5, 5.41) is 13.5. The van der Waals surface area contributed by atoms with Crippen molar-refractivity contribution in [1.82, 2.24) is 10.2 Å². The van der Waals surface area contributed by atoms with Gasteiger partial charge in [-0.15, -0.1) is 0 Å². The van der Waals surface area contributed by atoms with Crippen LogP contribution in [0.15, 0.2) is 36.4 Å². The van der Waals surface area contributed by atoms with Crippen molar-refractivity contribution in [2.75, 3.05) is 6.54 Å². The van der Waals surface area contributed by atoms with Gasteiger partial charge in [0.2, 0.25) is 5.91 Å². The number of nitro groups is 1. The van der Waals surface area contributed by atoms with Gasteiger partial charge in [-0.2, -0.15) is 0 Å². The minimum Gasteiger partial charge on any atom is -0.348 e. The van der Waals surface area contributed by atoms with Gasteiger partial charge in [0.15, 0.2) is 0 Å². The van der Waals surface area contributed by atoms with Crippen LogP contribution in [0.4, 0.5) is 14.5 Å².